The smallest absolute Gasteiger partial charge is 0.256 e. The summed E-state index contributed by atoms with van der Waals surface area (Å²) in [7, 11) is 1.61. The number of piperidine rings is 1. The summed E-state index contributed by atoms with van der Waals surface area (Å²) in [5, 5.41) is 32.2. The van der Waals surface area contributed by atoms with E-state index in [1.54, 1.807) is 25.3 Å². The molecule has 0 bridgehead atoms. The largest absolute Gasteiger partial charge is 0.874 e. The van der Waals surface area contributed by atoms with E-state index >= 15 is 0 Å². The molecule has 0 aromatic heterocycles. The molecule has 3 unspecified atom stereocenters. The van der Waals surface area contributed by atoms with Crippen LogP contribution in [-0.4, -0.2) is 47.1 Å². The number of methoxy groups -OCH3 is 1. The zero-order chi connectivity index (χ0) is 34.1. The lowest BCUT2D eigenvalue weighted by Gasteiger charge is -2.38. The number of nitrogens with one attached hydrogen (secondary N) is 3. The Morgan fingerprint density at radius 3 is 2.04 bits per heavy atom. The number of aliphatic hydroxyl groups excluding tert-OH is 1. The molecule has 8 nitrogen and oxygen atoms in total. The molecule has 3 aliphatic rings. The van der Waals surface area contributed by atoms with E-state index in [0.29, 0.717) is 29.0 Å². The standard InChI is InChI=1S/C38H39N3O5S2/c1-21-9-7-11-23(17-21)29-33(42)31(35(44)39-37(29)47)28(25-13-14-27(46-3)26(19-25)20-41-15-5-4-6-16-41)32-34(43)30(38(48)40-36(32)45)24-12-8-10-22(2)18-24/h7-14,17-19,28-30,42-43H,4-6,15-16,20H2,1-3H3,(H,39,44,47)(H,40,45,48). The third kappa shape index (κ3) is 6.52. The Morgan fingerprint density at radius 1 is 0.854 bits per heavy atom. The summed E-state index contributed by atoms with van der Waals surface area (Å²) in [5.41, 5.74) is 4.30. The van der Waals surface area contributed by atoms with E-state index in [-0.39, 0.29) is 26.9 Å². The van der Waals surface area contributed by atoms with Crippen LogP contribution in [0, 0.1) is 13.8 Å². The van der Waals surface area contributed by atoms with Crippen LogP contribution in [0.3, 0.4) is 0 Å². The lowest BCUT2D eigenvalue weighted by atomic mass is 9.75. The summed E-state index contributed by atoms with van der Waals surface area (Å²) in [6, 6.07) is 20.4. The summed E-state index contributed by atoms with van der Waals surface area (Å²) in [4.78, 5) is 29.6. The number of benzene rings is 3. The minimum Gasteiger partial charge on any atom is -0.874 e. The van der Waals surface area contributed by atoms with Crippen molar-refractivity contribution in [2.24, 2.45) is 0 Å². The molecule has 3 heterocycles. The summed E-state index contributed by atoms with van der Waals surface area (Å²) < 4.78 is 5.76. The molecule has 2 amide bonds. The van der Waals surface area contributed by atoms with E-state index in [0.717, 1.165) is 42.6 Å². The number of carbonyl (C=O) groups is 2. The Bertz CT molecular complexity index is 1780. The number of hydrogen-bond donors (Lipinski definition) is 4. The fourth-order valence-corrected chi connectivity index (χ4v) is 7.92. The Balaban J connectivity index is 1.59. The van der Waals surface area contributed by atoms with E-state index in [1.807, 2.05) is 62.4 Å². The molecule has 6 rings (SSSR count). The van der Waals surface area contributed by atoms with Gasteiger partial charge in [-0.25, -0.2) is 0 Å². The first-order valence-corrected chi connectivity index (χ1v) is 17.1. The molecule has 1 fully saturated rings. The molecule has 3 aliphatic heterocycles. The highest BCUT2D eigenvalue weighted by Gasteiger charge is 2.43. The van der Waals surface area contributed by atoms with Gasteiger partial charge in [0.05, 0.1) is 41.7 Å². The molecular formula is C38H39N3O5S2. The predicted molar refractivity (Wildman–Crippen MR) is 190 cm³/mol. The second-order valence-electron chi connectivity index (χ2n) is 12.9. The molecule has 3 aromatic rings. The lowest BCUT2D eigenvalue weighted by Crippen LogP contribution is -3.11. The average Bonchev–Trinajstić information content (AvgIpc) is 3.04. The van der Waals surface area contributed by atoms with E-state index in [2.05, 4.69) is 10.6 Å². The minimum atomic E-state index is -1.23. The lowest BCUT2D eigenvalue weighted by molar-refractivity contribution is -0.918. The molecule has 3 aromatic carbocycles. The van der Waals surface area contributed by atoms with Gasteiger partial charge >= 0.3 is 0 Å². The van der Waals surface area contributed by atoms with Gasteiger partial charge in [-0.15, -0.1) is 5.76 Å². The molecule has 1 saturated heterocycles. The van der Waals surface area contributed by atoms with Crippen LogP contribution in [0.15, 0.2) is 89.4 Å². The van der Waals surface area contributed by atoms with Crippen LogP contribution in [0.5, 0.6) is 5.75 Å². The Kier molecular flexibility index (Phi) is 9.78. The molecule has 0 spiro atoms. The van der Waals surface area contributed by atoms with Gasteiger partial charge in [0.1, 0.15) is 18.1 Å². The fourth-order valence-electron chi connectivity index (χ4n) is 7.24. The van der Waals surface area contributed by atoms with Crippen LogP contribution >= 0.6 is 24.4 Å². The fraction of sp³-hybridized carbons (Fsp3) is 0.316. The van der Waals surface area contributed by atoms with Gasteiger partial charge in [0.15, 0.2) is 0 Å². The molecule has 48 heavy (non-hydrogen) atoms. The second-order valence-corrected chi connectivity index (χ2v) is 13.8. The third-order valence-corrected chi connectivity index (χ3v) is 10.2. The van der Waals surface area contributed by atoms with Gasteiger partial charge in [-0.3, -0.25) is 9.59 Å². The summed E-state index contributed by atoms with van der Waals surface area (Å²) in [5.74, 6) is -4.56. The van der Waals surface area contributed by atoms with Gasteiger partial charge in [-0.1, -0.05) is 90.2 Å². The third-order valence-electron chi connectivity index (χ3n) is 9.53. The highest BCUT2D eigenvalue weighted by atomic mass is 32.1. The van der Waals surface area contributed by atoms with E-state index in [1.165, 1.54) is 11.3 Å². The van der Waals surface area contributed by atoms with Crippen molar-refractivity contribution in [3.63, 3.8) is 0 Å². The molecule has 4 N–H and O–H groups in total. The maximum Gasteiger partial charge on any atom is 0.256 e. The zero-order valence-electron chi connectivity index (χ0n) is 27.2. The molecule has 3 atom stereocenters. The van der Waals surface area contributed by atoms with Crippen molar-refractivity contribution in [3.05, 3.63) is 123 Å². The first kappa shape index (κ1) is 33.5. The van der Waals surface area contributed by atoms with Crippen molar-refractivity contribution >= 4 is 46.2 Å². The highest BCUT2D eigenvalue weighted by Crippen LogP contribution is 2.44. The van der Waals surface area contributed by atoms with Crippen LogP contribution in [0.1, 0.15) is 70.4 Å². The van der Waals surface area contributed by atoms with Gasteiger partial charge < -0.3 is 30.5 Å². The minimum absolute atomic E-state index is 0.0901. The molecule has 0 aliphatic carbocycles. The van der Waals surface area contributed by atoms with Gasteiger partial charge in [0.2, 0.25) is 0 Å². The van der Waals surface area contributed by atoms with Crippen molar-refractivity contribution in [1.82, 2.24) is 10.6 Å². The second kappa shape index (κ2) is 14.0. The number of aryl methyl sites for hydroxylation is 2. The van der Waals surface area contributed by atoms with E-state index in [4.69, 9.17) is 29.2 Å². The van der Waals surface area contributed by atoms with Crippen LogP contribution in [0.25, 0.3) is 0 Å². The van der Waals surface area contributed by atoms with E-state index < -0.39 is 35.3 Å². The molecule has 0 radical (unpaired) electrons. The van der Waals surface area contributed by atoms with Gasteiger partial charge in [0, 0.05) is 23.0 Å². The first-order valence-electron chi connectivity index (χ1n) is 16.2. The monoisotopic (exact) mass is 681 g/mol. The van der Waals surface area contributed by atoms with Crippen LogP contribution in [-0.2, 0) is 16.1 Å². The van der Waals surface area contributed by atoms with Crippen molar-refractivity contribution in [2.45, 2.75) is 57.4 Å². The normalized spacial score (nSPS) is 21.2. The summed E-state index contributed by atoms with van der Waals surface area (Å²) in [6.45, 7) is 6.56. The number of likely N-dealkylation sites (tertiary alicyclic amines) is 1. The zero-order valence-corrected chi connectivity index (χ0v) is 28.9. The molecule has 0 saturated carbocycles. The van der Waals surface area contributed by atoms with Crippen LogP contribution in [0.4, 0.5) is 0 Å². The number of ether oxygens (including phenoxy) is 1. The maximum absolute atomic E-state index is 14.6. The Morgan fingerprint density at radius 2 is 1.44 bits per heavy atom. The topological polar surface area (TPSA) is 115 Å². The number of aliphatic hydroxyl groups is 1. The van der Waals surface area contributed by atoms with Crippen molar-refractivity contribution < 1.29 is 29.4 Å². The number of amides is 2. The van der Waals surface area contributed by atoms with Gasteiger partial charge in [-0.2, -0.15) is 0 Å². The van der Waals surface area contributed by atoms with Crippen molar-refractivity contribution in [1.29, 1.82) is 0 Å². The maximum atomic E-state index is 14.6. The molecule has 248 valence electrons. The first-order chi connectivity index (χ1) is 23.1. The summed E-state index contributed by atoms with van der Waals surface area (Å²) in [6.07, 6.45) is 3.47. The number of thiocarbonyl (C=S) groups is 2. The Labute approximate surface area is 291 Å². The highest BCUT2D eigenvalue weighted by molar-refractivity contribution is 7.80. The van der Waals surface area contributed by atoms with Crippen molar-refractivity contribution in [3.8, 4) is 5.75 Å². The van der Waals surface area contributed by atoms with Gasteiger partial charge in [-0.05, 0) is 61.9 Å². The number of rotatable bonds is 8. The predicted octanol–water partition coefficient (Wildman–Crippen LogP) is 3.87. The Hall–Kier alpha value is -4.38. The number of quaternary nitrogens is 1. The quantitative estimate of drug-likeness (QED) is 0.267. The molecule has 10 heteroatoms. The average molecular weight is 682 g/mol. The van der Waals surface area contributed by atoms with Crippen LogP contribution in [0.2, 0.25) is 0 Å². The van der Waals surface area contributed by atoms with Crippen LogP contribution < -0.4 is 25.4 Å². The van der Waals surface area contributed by atoms with Crippen molar-refractivity contribution in [2.75, 3.05) is 20.2 Å². The van der Waals surface area contributed by atoms with Gasteiger partial charge in [0.25, 0.3) is 11.8 Å². The SMILES string of the molecule is COc1ccc(C(C2=C([O-])C(c3cccc(C)c3)C(=S)NC2=O)C2=C(O)C(c3cccc(C)c3)C(=S)NC2=O)cc1C[NH+]1CCCCC1. The number of hydrogen-bond acceptors (Lipinski definition) is 7. The molecular weight excluding hydrogens is 643 g/mol. The number of carbonyl (C=O) groups excluding carboxylic acids is 2. The van der Waals surface area contributed by atoms with E-state index in [9.17, 15) is 19.8 Å². The summed E-state index contributed by atoms with van der Waals surface area (Å²) >= 11 is 11.2.